The van der Waals surface area contributed by atoms with E-state index in [4.69, 9.17) is 4.98 Å². The highest BCUT2D eigenvalue weighted by Crippen LogP contribution is 2.33. The van der Waals surface area contributed by atoms with E-state index in [1.807, 2.05) is 31.2 Å². The number of carboxylic acid groups (broad SMARTS) is 1. The van der Waals surface area contributed by atoms with Crippen LogP contribution < -0.4 is 21.3 Å². The number of nitrogens with one attached hydrogen (secondary N) is 4. The summed E-state index contributed by atoms with van der Waals surface area (Å²) in [6, 6.07) is 7.32. The van der Waals surface area contributed by atoms with E-state index in [0.717, 1.165) is 36.9 Å². The molecule has 1 fully saturated rings. The first-order chi connectivity index (χ1) is 16.0. The van der Waals surface area contributed by atoms with Gasteiger partial charge in [0.2, 0.25) is 0 Å². The van der Waals surface area contributed by atoms with E-state index in [9.17, 15) is 19.8 Å². The van der Waals surface area contributed by atoms with Gasteiger partial charge in [0.05, 0.1) is 17.2 Å². The van der Waals surface area contributed by atoms with Gasteiger partial charge >= 0.3 is 6.09 Å². The number of anilines is 3. The number of carbonyl (C=O) groups is 2. The summed E-state index contributed by atoms with van der Waals surface area (Å²) in [6.07, 6.45) is 2.34. The van der Waals surface area contributed by atoms with Gasteiger partial charge in [0.15, 0.2) is 0 Å². The van der Waals surface area contributed by atoms with Crippen molar-refractivity contribution in [1.82, 2.24) is 15.6 Å². The number of carbonyl (C=O) groups excluding carboxylic acids is 1. The minimum absolute atomic E-state index is 0.174. The van der Waals surface area contributed by atoms with Crippen LogP contribution in [0.5, 0.6) is 0 Å². The summed E-state index contributed by atoms with van der Waals surface area (Å²) >= 11 is 0. The Labute approximate surface area is 192 Å². The number of nitrogens with zero attached hydrogens (tertiary/aromatic N) is 1. The molecule has 0 saturated heterocycles. The highest BCUT2D eigenvalue weighted by molar-refractivity contribution is 6.04. The van der Waals surface area contributed by atoms with Crippen LogP contribution >= 0.6 is 0 Å². The minimum Gasteiger partial charge on any atom is -0.465 e. The molecule has 2 atom stereocenters. The molecule has 1 aromatic carbocycles. The second-order valence-corrected chi connectivity index (χ2v) is 8.27. The fraction of sp³-hybridized carbons (Fsp3) is 0.375. The maximum atomic E-state index is 12.7. The van der Waals surface area contributed by atoms with Crippen molar-refractivity contribution in [1.29, 1.82) is 0 Å². The lowest BCUT2D eigenvalue weighted by atomic mass is 9.90. The molecule has 1 aromatic heterocycles. The molecule has 6 N–H and O–H groups in total. The molecule has 0 radical (unpaired) electrons. The number of aromatic nitrogens is 1. The van der Waals surface area contributed by atoms with Crippen molar-refractivity contribution >= 4 is 29.3 Å². The number of fused-ring (bicyclic) bond motifs is 1. The number of aliphatic hydroxyl groups excluding tert-OH is 1. The Morgan fingerprint density at radius 1 is 1.24 bits per heavy atom. The molecule has 0 bridgehead atoms. The largest absolute Gasteiger partial charge is 0.465 e. The Hall–Kier alpha value is -3.77. The average molecular weight is 450 g/mol. The van der Waals surface area contributed by atoms with Gasteiger partial charge in [-0.2, -0.15) is 0 Å². The number of aliphatic hydroxyl groups is 1. The Morgan fingerprint density at radius 3 is 2.76 bits per heavy atom. The van der Waals surface area contributed by atoms with Crippen LogP contribution in [0, 0.1) is 18.8 Å². The van der Waals surface area contributed by atoms with Crippen molar-refractivity contribution in [3.63, 3.8) is 0 Å². The summed E-state index contributed by atoms with van der Waals surface area (Å²) in [4.78, 5) is 28.7. The first-order valence-electron chi connectivity index (χ1n) is 11.0. The molecule has 9 nitrogen and oxygen atoms in total. The predicted molar refractivity (Wildman–Crippen MR) is 125 cm³/mol. The van der Waals surface area contributed by atoms with Crippen molar-refractivity contribution in [2.75, 3.05) is 17.2 Å². The van der Waals surface area contributed by atoms with E-state index in [2.05, 4.69) is 33.1 Å². The van der Waals surface area contributed by atoms with E-state index >= 15 is 0 Å². The minimum atomic E-state index is -1.06. The van der Waals surface area contributed by atoms with E-state index in [1.165, 1.54) is 0 Å². The summed E-state index contributed by atoms with van der Waals surface area (Å²) in [5.41, 5.74) is 3.52. The maximum Gasteiger partial charge on any atom is 0.404 e. The summed E-state index contributed by atoms with van der Waals surface area (Å²) < 4.78 is 0. The molecule has 1 aliphatic carbocycles. The monoisotopic (exact) mass is 449 g/mol. The number of benzene rings is 1. The lowest BCUT2D eigenvalue weighted by molar-refractivity contribution is 0.0966. The molecule has 2 heterocycles. The van der Waals surface area contributed by atoms with E-state index in [0.29, 0.717) is 34.9 Å². The Morgan fingerprint density at radius 2 is 2.03 bits per heavy atom. The van der Waals surface area contributed by atoms with Crippen LogP contribution in [-0.2, 0) is 6.54 Å². The van der Waals surface area contributed by atoms with Crippen LogP contribution in [0.15, 0.2) is 24.3 Å². The van der Waals surface area contributed by atoms with Gasteiger partial charge in [-0.25, -0.2) is 9.78 Å². The third-order valence-electron chi connectivity index (χ3n) is 5.92. The zero-order chi connectivity index (χ0) is 23.4. The zero-order valence-electron chi connectivity index (χ0n) is 18.4. The molecular formula is C24H27N5O4. The molecule has 4 rings (SSSR count). The first-order valence-corrected chi connectivity index (χ1v) is 11.0. The van der Waals surface area contributed by atoms with E-state index in [-0.39, 0.29) is 24.6 Å². The SMILES string of the molecule is Cc1cccc(Nc2nc(NC3CCCCC3NC(=O)O)c(C#CCO)c3c2C(=O)NC3)c1. The van der Waals surface area contributed by atoms with E-state index < -0.39 is 6.09 Å². The van der Waals surface area contributed by atoms with Crippen LogP contribution in [0.1, 0.15) is 52.7 Å². The third kappa shape index (κ3) is 5.02. The summed E-state index contributed by atoms with van der Waals surface area (Å²) in [7, 11) is 0. The fourth-order valence-corrected chi connectivity index (χ4v) is 4.44. The molecule has 2 unspecified atom stereocenters. The first kappa shape index (κ1) is 22.4. The number of hydrogen-bond acceptors (Lipinski definition) is 6. The molecule has 0 spiro atoms. The normalized spacial score (nSPS) is 19.0. The van der Waals surface area contributed by atoms with E-state index in [1.54, 1.807) is 0 Å². The van der Waals surface area contributed by atoms with Crippen molar-refractivity contribution in [2.24, 2.45) is 0 Å². The maximum absolute atomic E-state index is 12.7. The Bertz CT molecular complexity index is 1140. The molecule has 2 aromatic rings. The van der Waals surface area contributed by atoms with Crippen LogP contribution in [0.4, 0.5) is 22.1 Å². The summed E-state index contributed by atoms with van der Waals surface area (Å²) in [6.45, 7) is 1.95. The summed E-state index contributed by atoms with van der Waals surface area (Å²) in [5, 5.41) is 30.6. The smallest absolute Gasteiger partial charge is 0.404 e. The van der Waals surface area contributed by atoms with Crippen molar-refractivity contribution in [2.45, 2.75) is 51.2 Å². The van der Waals surface area contributed by atoms with Crippen LogP contribution in [0.25, 0.3) is 0 Å². The van der Waals surface area contributed by atoms with Crippen molar-refractivity contribution in [3.05, 3.63) is 46.5 Å². The lowest BCUT2D eigenvalue weighted by Crippen LogP contribution is -2.48. The molecule has 2 aliphatic rings. The molecule has 2 amide bonds. The number of rotatable bonds is 5. The zero-order valence-corrected chi connectivity index (χ0v) is 18.4. The number of amides is 2. The highest BCUT2D eigenvalue weighted by Gasteiger charge is 2.32. The van der Waals surface area contributed by atoms with Gasteiger partial charge in [0.25, 0.3) is 5.91 Å². The number of pyridine rings is 1. The Balaban J connectivity index is 1.77. The molecular weight excluding hydrogens is 422 g/mol. The Kier molecular flexibility index (Phi) is 6.66. The number of hydrogen-bond donors (Lipinski definition) is 6. The molecule has 9 heteroatoms. The third-order valence-corrected chi connectivity index (χ3v) is 5.92. The molecule has 1 saturated carbocycles. The standard InChI is InChI=1S/C24H27N5O4/c1-14-6-4-7-15(12-14)26-22-20-17(13-25-23(20)31)16(8-5-11-30)21(29-22)27-18-9-2-3-10-19(18)28-24(32)33/h4,6-7,12,18-19,28,30H,2-3,9-11,13H2,1H3,(H,25,31)(H,32,33)(H2,26,27,29). The molecule has 33 heavy (non-hydrogen) atoms. The van der Waals surface area contributed by atoms with Gasteiger partial charge < -0.3 is 31.5 Å². The van der Waals surface area contributed by atoms with Crippen LogP contribution in [0.2, 0.25) is 0 Å². The van der Waals surface area contributed by atoms with Gasteiger partial charge in [-0.1, -0.05) is 36.8 Å². The van der Waals surface area contributed by atoms with Gasteiger partial charge in [-0.15, -0.1) is 0 Å². The fourth-order valence-electron chi connectivity index (χ4n) is 4.44. The van der Waals surface area contributed by atoms with Crippen LogP contribution in [-0.4, -0.2) is 45.9 Å². The molecule has 1 aliphatic heterocycles. The highest BCUT2D eigenvalue weighted by atomic mass is 16.4. The van der Waals surface area contributed by atoms with Gasteiger partial charge in [-0.05, 0) is 37.5 Å². The van der Waals surface area contributed by atoms with Crippen molar-refractivity contribution in [3.8, 4) is 11.8 Å². The second-order valence-electron chi connectivity index (χ2n) is 8.27. The van der Waals surface area contributed by atoms with Gasteiger partial charge in [-0.3, -0.25) is 4.79 Å². The summed E-state index contributed by atoms with van der Waals surface area (Å²) in [5.74, 6) is 6.24. The quantitative estimate of drug-likeness (QED) is 0.386. The van der Waals surface area contributed by atoms with Crippen LogP contribution in [0.3, 0.4) is 0 Å². The van der Waals surface area contributed by atoms with Gasteiger partial charge in [0.1, 0.15) is 18.2 Å². The lowest BCUT2D eigenvalue weighted by Gasteiger charge is -2.33. The second kappa shape index (κ2) is 9.79. The average Bonchev–Trinajstić information content (AvgIpc) is 3.16. The number of aryl methyl sites for hydroxylation is 1. The predicted octanol–water partition coefficient (Wildman–Crippen LogP) is 2.71. The van der Waals surface area contributed by atoms with Crippen molar-refractivity contribution < 1.29 is 19.8 Å². The topological polar surface area (TPSA) is 136 Å². The molecule has 172 valence electrons. The van der Waals surface area contributed by atoms with Gasteiger partial charge in [0, 0.05) is 23.8 Å².